The van der Waals surface area contributed by atoms with Crippen molar-refractivity contribution < 1.29 is 9.53 Å². The molecule has 0 aliphatic rings. The fourth-order valence-corrected chi connectivity index (χ4v) is 2.33. The fraction of sp³-hybridized carbons (Fsp3) is 0.278. The number of halogens is 1. The van der Waals surface area contributed by atoms with E-state index in [0.29, 0.717) is 16.5 Å². The van der Waals surface area contributed by atoms with E-state index in [2.05, 4.69) is 5.32 Å². The Bertz CT molecular complexity index is 678. The van der Waals surface area contributed by atoms with Crippen LogP contribution in [-0.2, 0) is 10.2 Å². The summed E-state index contributed by atoms with van der Waals surface area (Å²) in [6.45, 7) is 5.81. The first-order valence-electron chi connectivity index (χ1n) is 7.06. The lowest BCUT2D eigenvalue weighted by Gasteiger charge is -2.25. The van der Waals surface area contributed by atoms with Gasteiger partial charge in [-0.25, -0.2) is 0 Å². The smallest absolute Gasteiger partial charge is 0.234 e. The van der Waals surface area contributed by atoms with Gasteiger partial charge in [0.1, 0.15) is 5.75 Å². The number of hydrogen-bond acceptors (Lipinski definition) is 2. The van der Waals surface area contributed by atoms with Gasteiger partial charge in [0.15, 0.2) is 0 Å². The lowest BCUT2D eigenvalue weighted by molar-refractivity contribution is -0.120. The molecule has 2 rings (SSSR count). The molecule has 0 atom stereocenters. The van der Waals surface area contributed by atoms with Gasteiger partial charge in [-0.2, -0.15) is 0 Å². The molecule has 2 aromatic carbocycles. The van der Waals surface area contributed by atoms with E-state index < -0.39 is 5.41 Å². The van der Waals surface area contributed by atoms with Crippen LogP contribution >= 0.6 is 11.6 Å². The average Bonchev–Trinajstić information content (AvgIpc) is 2.48. The van der Waals surface area contributed by atoms with Gasteiger partial charge >= 0.3 is 0 Å². The van der Waals surface area contributed by atoms with Crippen LogP contribution in [0.4, 0.5) is 5.69 Å². The van der Waals surface area contributed by atoms with E-state index in [-0.39, 0.29) is 5.91 Å². The van der Waals surface area contributed by atoms with E-state index in [1.165, 1.54) is 0 Å². The zero-order chi connectivity index (χ0) is 16.3. The molecule has 1 N–H and O–H groups in total. The summed E-state index contributed by atoms with van der Waals surface area (Å²) in [6.07, 6.45) is 0. The van der Waals surface area contributed by atoms with E-state index >= 15 is 0 Å². The van der Waals surface area contributed by atoms with Crippen molar-refractivity contribution in [3.63, 3.8) is 0 Å². The molecule has 0 aliphatic heterocycles. The highest BCUT2D eigenvalue weighted by Crippen LogP contribution is 2.31. The molecule has 116 valence electrons. The number of carbonyl (C=O) groups excluding carboxylic acids is 1. The maximum Gasteiger partial charge on any atom is 0.234 e. The van der Waals surface area contributed by atoms with E-state index in [4.69, 9.17) is 16.3 Å². The highest BCUT2D eigenvalue weighted by atomic mass is 35.5. The normalized spacial score (nSPS) is 11.1. The largest absolute Gasteiger partial charge is 0.495 e. The molecule has 0 bridgehead atoms. The van der Waals surface area contributed by atoms with Crippen molar-refractivity contribution in [2.45, 2.75) is 26.2 Å². The van der Waals surface area contributed by atoms with E-state index in [1.807, 2.05) is 45.0 Å². The number of rotatable bonds is 4. The first-order valence-corrected chi connectivity index (χ1v) is 7.44. The molecule has 4 heteroatoms. The number of amides is 1. The molecule has 1 amide bonds. The second kappa shape index (κ2) is 6.41. The van der Waals surface area contributed by atoms with Gasteiger partial charge in [0, 0.05) is 5.02 Å². The van der Waals surface area contributed by atoms with Crippen LogP contribution in [0.1, 0.15) is 25.0 Å². The first kappa shape index (κ1) is 16.4. The number of methoxy groups -OCH3 is 1. The summed E-state index contributed by atoms with van der Waals surface area (Å²) in [5.41, 5.74) is 2.02. The SMILES string of the molecule is COc1ccc(Cl)cc1NC(=O)C(C)(C)c1ccc(C)cc1. The van der Waals surface area contributed by atoms with Gasteiger partial charge in [0.25, 0.3) is 0 Å². The molecule has 22 heavy (non-hydrogen) atoms. The topological polar surface area (TPSA) is 38.3 Å². The minimum atomic E-state index is -0.666. The Morgan fingerprint density at radius 2 is 1.77 bits per heavy atom. The number of aryl methyl sites for hydroxylation is 1. The van der Waals surface area contributed by atoms with Crippen LogP contribution in [0.3, 0.4) is 0 Å². The van der Waals surface area contributed by atoms with Crippen molar-refractivity contribution in [2.24, 2.45) is 0 Å². The number of anilines is 1. The van der Waals surface area contributed by atoms with Crippen LogP contribution in [0.15, 0.2) is 42.5 Å². The van der Waals surface area contributed by atoms with Crippen LogP contribution in [-0.4, -0.2) is 13.0 Å². The molecule has 0 unspecified atom stereocenters. The lowest BCUT2D eigenvalue weighted by atomic mass is 9.83. The minimum absolute atomic E-state index is 0.114. The van der Waals surface area contributed by atoms with Crippen molar-refractivity contribution in [3.05, 3.63) is 58.6 Å². The highest BCUT2D eigenvalue weighted by molar-refractivity contribution is 6.31. The van der Waals surface area contributed by atoms with Crippen molar-refractivity contribution in [1.29, 1.82) is 0 Å². The maximum absolute atomic E-state index is 12.7. The van der Waals surface area contributed by atoms with Crippen LogP contribution < -0.4 is 10.1 Å². The molecule has 0 aliphatic carbocycles. The zero-order valence-electron chi connectivity index (χ0n) is 13.2. The molecular formula is C18H20ClNO2. The summed E-state index contributed by atoms with van der Waals surface area (Å²) < 4.78 is 5.26. The van der Waals surface area contributed by atoms with Crippen molar-refractivity contribution in [2.75, 3.05) is 12.4 Å². The van der Waals surface area contributed by atoms with Crippen molar-refractivity contribution in [3.8, 4) is 5.75 Å². The predicted octanol–water partition coefficient (Wildman–Crippen LogP) is 4.57. The van der Waals surface area contributed by atoms with Gasteiger partial charge in [-0.05, 0) is 44.5 Å². The quantitative estimate of drug-likeness (QED) is 0.896. The maximum atomic E-state index is 12.7. The van der Waals surface area contributed by atoms with Crippen molar-refractivity contribution >= 4 is 23.2 Å². The molecule has 0 aromatic heterocycles. The number of nitrogens with one attached hydrogen (secondary N) is 1. The molecule has 0 saturated carbocycles. The van der Waals surface area contributed by atoms with Crippen LogP contribution in [0.5, 0.6) is 5.75 Å². The molecular weight excluding hydrogens is 298 g/mol. The second-order valence-electron chi connectivity index (χ2n) is 5.79. The number of benzene rings is 2. The van der Waals surface area contributed by atoms with Crippen LogP contribution in [0.25, 0.3) is 0 Å². The molecule has 0 spiro atoms. The average molecular weight is 318 g/mol. The van der Waals surface area contributed by atoms with E-state index in [9.17, 15) is 4.79 Å². The minimum Gasteiger partial charge on any atom is -0.495 e. The molecule has 3 nitrogen and oxygen atoms in total. The summed E-state index contributed by atoms with van der Waals surface area (Å²) in [5.74, 6) is 0.467. The van der Waals surface area contributed by atoms with Crippen LogP contribution in [0, 0.1) is 6.92 Å². The third-order valence-corrected chi connectivity index (χ3v) is 3.99. The monoisotopic (exact) mass is 317 g/mol. The van der Waals surface area contributed by atoms with Gasteiger partial charge in [0.05, 0.1) is 18.2 Å². The Morgan fingerprint density at radius 1 is 1.14 bits per heavy atom. The Balaban J connectivity index is 2.28. The Labute approximate surface area is 136 Å². The molecule has 0 radical (unpaired) electrons. The Kier molecular flexibility index (Phi) is 4.77. The Hall–Kier alpha value is -2.00. The summed E-state index contributed by atoms with van der Waals surface area (Å²) in [7, 11) is 1.56. The Morgan fingerprint density at radius 3 is 2.36 bits per heavy atom. The molecule has 0 fully saturated rings. The second-order valence-corrected chi connectivity index (χ2v) is 6.23. The van der Waals surface area contributed by atoms with Gasteiger partial charge in [-0.3, -0.25) is 4.79 Å². The molecule has 2 aromatic rings. The summed E-state index contributed by atoms with van der Waals surface area (Å²) in [6, 6.07) is 13.1. The summed E-state index contributed by atoms with van der Waals surface area (Å²) in [5, 5.41) is 3.45. The highest BCUT2D eigenvalue weighted by Gasteiger charge is 2.30. The molecule has 0 heterocycles. The lowest BCUT2D eigenvalue weighted by Crippen LogP contribution is -2.34. The number of hydrogen-bond donors (Lipinski definition) is 1. The van der Waals surface area contributed by atoms with Gasteiger partial charge in [0.2, 0.25) is 5.91 Å². The third kappa shape index (κ3) is 3.42. The third-order valence-electron chi connectivity index (χ3n) is 3.75. The number of carbonyl (C=O) groups is 1. The van der Waals surface area contributed by atoms with Gasteiger partial charge < -0.3 is 10.1 Å². The van der Waals surface area contributed by atoms with Crippen LogP contribution in [0.2, 0.25) is 5.02 Å². The first-order chi connectivity index (χ1) is 10.3. The standard InChI is InChI=1S/C18H20ClNO2/c1-12-5-7-13(8-6-12)18(2,3)17(21)20-15-11-14(19)9-10-16(15)22-4/h5-11H,1-4H3,(H,20,21). The van der Waals surface area contributed by atoms with Crippen molar-refractivity contribution in [1.82, 2.24) is 0 Å². The van der Waals surface area contributed by atoms with Gasteiger partial charge in [-0.15, -0.1) is 0 Å². The fourth-order valence-electron chi connectivity index (χ4n) is 2.16. The number of ether oxygens (including phenoxy) is 1. The van der Waals surface area contributed by atoms with E-state index in [0.717, 1.165) is 11.1 Å². The van der Waals surface area contributed by atoms with Gasteiger partial charge in [-0.1, -0.05) is 41.4 Å². The molecule has 0 saturated heterocycles. The summed E-state index contributed by atoms with van der Waals surface area (Å²) >= 11 is 6.00. The summed E-state index contributed by atoms with van der Waals surface area (Å²) in [4.78, 5) is 12.7. The zero-order valence-corrected chi connectivity index (χ0v) is 14.0. The van der Waals surface area contributed by atoms with E-state index in [1.54, 1.807) is 25.3 Å². The predicted molar refractivity (Wildman–Crippen MR) is 90.8 cm³/mol.